The fraction of sp³-hybridized carbons (Fsp3) is 0.0877. The van der Waals surface area contributed by atoms with E-state index in [1.165, 1.54) is 77.5 Å². The van der Waals surface area contributed by atoms with Gasteiger partial charge in [-0.25, -0.2) is 0 Å². The number of rotatable bonds is 8. The van der Waals surface area contributed by atoms with Crippen LogP contribution in [0, 0.1) is 6.92 Å². The second-order valence-corrected chi connectivity index (χ2v) is 15.9. The van der Waals surface area contributed by atoms with E-state index in [4.69, 9.17) is 0 Å². The van der Waals surface area contributed by atoms with Gasteiger partial charge in [-0.2, -0.15) is 0 Å². The smallest absolute Gasteiger partial charge is 0.0714 e. The van der Waals surface area contributed by atoms with Gasteiger partial charge >= 0.3 is 0 Å². The maximum absolute atomic E-state index is 2.54. The molecule has 1 heteroatoms. The van der Waals surface area contributed by atoms with Crippen LogP contribution in [-0.2, 0) is 5.41 Å². The lowest BCUT2D eigenvalue weighted by molar-refractivity contribution is 0.768. The van der Waals surface area contributed by atoms with Gasteiger partial charge in [0.05, 0.1) is 16.8 Å². The largest absolute Gasteiger partial charge is 0.309 e. The third-order valence-corrected chi connectivity index (χ3v) is 12.2. The molecule has 9 aromatic carbocycles. The molecule has 1 aliphatic carbocycles. The number of nitrogens with zero attached hydrogens (tertiary/aromatic N) is 1. The van der Waals surface area contributed by atoms with Crippen LogP contribution >= 0.6 is 0 Å². The zero-order valence-corrected chi connectivity index (χ0v) is 33.2. The van der Waals surface area contributed by atoms with Gasteiger partial charge < -0.3 is 4.90 Å². The van der Waals surface area contributed by atoms with Crippen molar-refractivity contribution >= 4 is 27.8 Å². The highest BCUT2D eigenvalue weighted by molar-refractivity contribution is 6.01. The van der Waals surface area contributed by atoms with Crippen LogP contribution in [0.2, 0.25) is 0 Å². The van der Waals surface area contributed by atoms with Crippen molar-refractivity contribution in [3.8, 4) is 33.4 Å². The number of aryl methyl sites for hydroxylation is 1. The molecule has 0 saturated carbocycles. The number of hydrogen-bond donors (Lipinski definition) is 0. The summed E-state index contributed by atoms with van der Waals surface area (Å²) in [6.45, 7) is 6.86. The van der Waals surface area contributed by atoms with Gasteiger partial charge in [-0.15, -0.1) is 0 Å². The van der Waals surface area contributed by atoms with Crippen molar-refractivity contribution in [2.24, 2.45) is 0 Å². The molecule has 9 aromatic rings. The SMILES string of the molecule is Cc1cccc2c1-c1ccc(N(c3ccccc3-c3ccccc3)c3cc4ccccc4cc3-c3ccccc3C(C)C)cc1C2(c1ccccc1)c1ccccc1. The van der Waals surface area contributed by atoms with Crippen molar-refractivity contribution in [2.75, 3.05) is 4.90 Å². The van der Waals surface area contributed by atoms with Crippen LogP contribution in [0.3, 0.4) is 0 Å². The Labute approximate surface area is 342 Å². The molecule has 0 spiro atoms. The summed E-state index contributed by atoms with van der Waals surface area (Å²) < 4.78 is 0. The van der Waals surface area contributed by atoms with Gasteiger partial charge in [0.1, 0.15) is 0 Å². The average Bonchev–Trinajstić information content (AvgIpc) is 3.58. The van der Waals surface area contributed by atoms with Crippen molar-refractivity contribution in [3.05, 3.63) is 246 Å². The van der Waals surface area contributed by atoms with E-state index in [9.17, 15) is 0 Å². The molecule has 1 aliphatic rings. The quantitative estimate of drug-likeness (QED) is 0.150. The van der Waals surface area contributed by atoms with E-state index in [0.717, 1.165) is 17.1 Å². The third-order valence-electron chi connectivity index (χ3n) is 12.2. The first kappa shape index (κ1) is 35.5. The summed E-state index contributed by atoms with van der Waals surface area (Å²) in [7, 11) is 0. The summed E-state index contributed by atoms with van der Waals surface area (Å²) in [6, 6.07) is 78.7. The van der Waals surface area contributed by atoms with Crippen LogP contribution in [0.25, 0.3) is 44.2 Å². The summed E-state index contributed by atoms with van der Waals surface area (Å²) in [6.07, 6.45) is 0. The minimum atomic E-state index is -0.531. The Bertz CT molecular complexity index is 2890. The first-order valence-electron chi connectivity index (χ1n) is 20.5. The molecule has 58 heavy (non-hydrogen) atoms. The monoisotopic (exact) mass is 743 g/mol. The summed E-state index contributed by atoms with van der Waals surface area (Å²) in [5.74, 6) is 0.347. The fourth-order valence-corrected chi connectivity index (χ4v) is 9.66. The van der Waals surface area contributed by atoms with Gasteiger partial charge in [0, 0.05) is 16.8 Å². The van der Waals surface area contributed by atoms with Crippen LogP contribution in [0.1, 0.15) is 53.1 Å². The first-order valence-corrected chi connectivity index (χ1v) is 20.5. The van der Waals surface area contributed by atoms with E-state index in [0.29, 0.717) is 5.92 Å². The molecule has 1 nitrogen and oxygen atoms in total. The zero-order chi connectivity index (χ0) is 39.2. The van der Waals surface area contributed by atoms with Crippen molar-refractivity contribution < 1.29 is 0 Å². The molecule has 0 aliphatic heterocycles. The molecule has 0 heterocycles. The Balaban J connectivity index is 1.34. The molecule has 0 saturated heterocycles. The normalized spacial score (nSPS) is 12.7. The van der Waals surface area contributed by atoms with Gasteiger partial charge in [0.15, 0.2) is 0 Å². The van der Waals surface area contributed by atoms with Crippen LogP contribution in [0.4, 0.5) is 17.1 Å². The topological polar surface area (TPSA) is 3.24 Å². The number of benzene rings is 9. The lowest BCUT2D eigenvalue weighted by Gasteiger charge is -2.35. The second-order valence-electron chi connectivity index (χ2n) is 15.9. The summed E-state index contributed by atoms with van der Waals surface area (Å²) in [5.41, 5.74) is 18.0. The molecule has 0 atom stereocenters. The molecule has 0 N–H and O–H groups in total. The maximum Gasteiger partial charge on any atom is 0.0714 e. The molecule has 0 unspecified atom stereocenters. The predicted octanol–water partition coefficient (Wildman–Crippen LogP) is 15.4. The van der Waals surface area contributed by atoms with E-state index in [1.807, 2.05) is 0 Å². The predicted molar refractivity (Wildman–Crippen MR) is 246 cm³/mol. The Hall–Kier alpha value is -6.96. The van der Waals surface area contributed by atoms with Crippen LogP contribution in [0.15, 0.2) is 212 Å². The number of anilines is 3. The van der Waals surface area contributed by atoms with E-state index >= 15 is 0 Å². The van der Waals surface area contributed by atoms with Crippen LogP contribution < -0.4 is 4.90 Å². The molecule has 0 amide bonds. The zero-order valence-electron chi connectivity index (χ0n) is 33.2. The highest BCUT2D eigenvalue weighted by Gasteiger charge is 2.47. The molecule has 0 aromatic heterocycles. The third kappa shape index (κ3) is 5.69. The Morgan fingerprint density at radius 3 is 1.69 bits per heavy atom. The van der Waals surface area contributed by atoms with Gasteiger partial charge in [-0.1, -0.05) is 196 Å². The van der Waals surface area contributed by atoms with Gasteiger partial charge in [0.2, 0.25) is 0 Å². The van der Waals surface area contributed by atoms with Crippen molar-refractivity contribution in [2.45, 2.75) is 32.1 Å². The van der Waals surface area contributed by atoms with Gasteiger partial charge in [0.25, 0.3) is 0 Å². The second kappa shape index (κ2) is 14.5. The summed E-state index contributed by atoms with van der Waals surface area (Å²) in [4.78, 5) is 2.54. The number of fused-ring (bicyclic) bond motifs is 4. The molecular weight excluding hydrogens is 699 g/mol. The molecule has 0 bridgehead atoms. The van der Waals surface area contributed by atoms with E-state index < -0.39 is 5.41 Å². The molecule has 10 rings (SSSR count). The first-order chi connectivity index (χ1) is 28.5. The maximum atomic E-state index is 2.54. The Kier molecular flexibility index (Phi) is 8.88. The Morgan fingerprint density at radius 2 is 1.00 bits per heavy atom. The van der Waals surface area contributed by atoms with E-state index in [-0.39, 0.29) is 0 Å². The molecular formula is C57H45N. The van der Waals surface area contributed by atoms with E-state index in [1.54, 1.807) is 0 Å². The standard InChI is InChI=1S/C57H45N/c1-39(2)47-29-15-16-31-49(47)51-36-42-23-13-14-24-43(42)37-55(51)58(54-33-18-17-30-48(54)41-21-7-4-8-22-41)46-34-35-50-53(38-46)57(44-25-9-5-10-26-44,45-27-11-6-12-28-45)52-32-19-20-40(3)56(50)52/h4-39H,1-3H3. The average molecular weight is 744 g/mol. The van der Waals surface area contributed by atoms with E-state index in [2.05, 4.69) is 238 Å². The fourth-order valence-electron chi connectivity index (χ4n) is 9.66. The highest BCUT2D eigenvalue weighted by atomic mass is 15.1. The molecule has 278 valence electrons. The van der Waals surface area contributed by atoms with Gasteiger partial charge in [-0.3, -0.25) is 0 Å². The minimum Gasteiger partial charge on any atom is -0.309 e. The van der Waals surface area contributed by atoms with Crippen molar-refractivity contribution in [3.63, 3.8) is 0 Å². The van der Waals surface area contributed by atoms with Crippen LogP contribution in [0.5, 0.6) is 0 Å². The Morgan fingerprint density at radius 1 is 0.414 bits per heavy atom. The lowest BCUT2D eigenvalue weighted by Crippen LogP contribution is -2.28. The van der Waals surface area contributed by atoms with Crippen LogP contribution in [-0.4, -0.2) is 0 Å². The highest BCUT2D eigenvalue weighted by Crippen LogP contribution is 2.58. The van der Waals surface area contributed by atoms with Gasteiger partial charge in [-0.05, 0) is 110 Å². The van der Waals surface area contributed by atoms with Crippen molar-refractivity contribution in [1.29, 1.82) is 0 Å². The summed E-state index contributed by atoms with van der Waals surface area (Å²) >= 11 is 0. The summed E-state index contributed by atoms with van der Waals surface area (Å²) in [5, 5.41) is 2.43. The molecule has 0 radical (unpaired) electrons. The van der Waals surface area contributed by atoms with Crippen molar-refractivity contribution in [1.82, 2.24) is 0 Å². The number of hydrogen-bond acceptors (Lipinski definition) is 1. The lowest BCUT2D eigenvalue weighted by atomic mass is 9.67. The number of para-hydroxylation sites is 1. The minimum absolute atomic E-state index is 0.347. The molecule has 0 fully saturated rings.